The highest BCUT2D eigenvalue weighted by Gasteiger charge is 2.17. The minimum Gasteiger partial charge on any atom is -0.350 e. The van der Waals surface area contributed by atoms with Gasteiger partial charge in [-0.25, -0.2) is 0 Å². The molecule has 1 fully saturated rings. The van der Waals surface area contributed by atoms with Gasteiger partial charge >= 0.3 is 0 Å². The van der Waals surface area contributed by atoms with Crippen molar-refractivity contribution in [1.29, 1.82) is 0 Å². The topological polar surface area (TPSA) is 31.2 Å². The molecular formula is C12H18N4S. The zero-order valence-corrected chi connectivity index (χ0v) is 11.2. The summed E-state index contributed by atoms with van der Waals surface area (Å²) in [7, 11) is 1.92. The molecule has 0 amide bonds. The van der Waals surface area contributed by atoms with Crippen molar-refractivity contribution < 1.29 is 0 Å². The molecule has 17 heavy (non-hydrogen) atoms. The van der Waals surface area contributed by atoms with Crippen molar-refractivity contribution >= 4 is 22.5 Å². The summed E-state index contributed by atoms with van der Waals surface area (Å²) < 4.78 is 0. The van der Waals surface area contributed by atoms with Crippen molar-refractivity contribution in [3.05, 3.63) is 24.0 Å². The van der Waals surface area contributed by atoms with Gasteiger partial charge in [0.25, 0.3) is 0 Å². The lowest BCUT2D eigenvalue weighted by molar-refractivity contribution is 0.439. The standard InChI is InChI=1S/C12H18N4S/c1-10-8-11(2)15(3)14-12(17-9-13-10)16-6-4-5-7-16/h8-9H,2,4-7H2,1,3H3/b10-8-,13-9+,14-12-. The van der Waals surface area contributed by atoms with Crippen LogP contribution in [0.2, 0.25) is 0 Å². The maximum absolute atomic E-state index is 4.60. The number of hydrogen-bond acceptors (Lipinski definition) is 5. The average molecular weight is 250 g/mol. The third kappa shape index (κ3) is 3.12. The van der Waals surface area contributed by atoms with Crippen LogP contribution in [0.4, 0.5) is 0 Å². The Balaban J connectivity index is 2.21. The van der Waals surface area contributed by atoms with E-state index in [9.17, 15) is 0 Å². The van der Waals surface area contributed by atoms with Crippen LogP contribution in [0, 0.1) is 0 Å². The Labute approximate surface area is 107 Å². The van der Waals surface area contributed by atoms with E-state index >= 15 is 0 Å². The van der Waals surface area contributed by atoms with E-state index in [1.54, 1.807) is 11.8 Å². The summed E-state index contributed by atoms with van der Waals surface area (Å²) in [6.45, 7) is 8.14. The number of thioether (sulfide) groups is 1. The molecule has 0 unspecified atom stereocenters. The molecule has 2 rings (SSSR count). The fraction of sp³-hybridized carbons (Fsp3) is 0.500. The van der Waals surface area contributed by atoms with Gasteiger partial charge in [-0.05, 0) is 37.6 Å². The number of amidine groups is 1. The van der Waals surface area contributed by atoms with Crippen molar-refractivity contribution in [3.8, 4) is 0 Å². The number of hydrazone groups is 1. The summed E-state index contributed by atoms with van der Waals surface area (Å²) in [6.07, 6.45) is 4.44. The molecule has 1 saturated heterocycles. The van der Waals surface area contributed by atoms with Crippen LogP contribution in [0.1, 0.15) is 19.8 Å². The van der Waals surface area contributed by atoms with E-state index in [1.807, 2.05) is 30.6 Å². The van der Waals surface area contributed by atoms with Crippen LogP contribution in [0.15, 0.2) is 34.1 Å². The summed E-state index contributed by atoms with van der Waals surface area (Å²) in [5, 5.41) is 7.43. The number of allylic oxidation sites excluding steroid dienone is 2. The zero-order valence-electron chi connectivity index (χ0n) is 10.4. The van der Waals surface area contributed by atoms with Gasteiger partial charge < -0.3 is 4.90 Å². The first-order valence-corrected chi connectivity index (χ1v) is 6.68. The Hall–Kier alpha value is -1.23. The van der Waals surface area contributed by atoms with E-state index in [4.69, 9.17) is 0 Å². The first-order valence-electron chi connectivity index (χ1n) is 5.80. The van der Waals surface area contributed by atoms with Gasteiger partial charge in [0.1, 0.15) is 0 Å². The predicted molar refractivity (Wildman–Crippen MR) is 75.0 cm³/mol. The van der Waals surface area contributed by atoms with Gasteiger partial charge in [0.15, 0.2) is 5.17 Å². The van der Waals surface area contributed by atoms with Crippen LogP contribution in [-0.4, -0.2) is 40.8 Å². The number of aliphatic imine (C=N–C) groups is 1. The number of likely N-dealkylation sites (N-methyl/N-ethyl adjacent to an activating group) is 1. The SMILES string of the molecule is C=C1/C=C(C)\N=C\S/C(N2CCCC2)=N\N1C. The number of nitrogens with zero attached hydrogens (tertiary/aromatic N) is 4. The lowest BCUT2D eigenvalue weighted by Gasteiger charge is -2.21. The molecule has 5 heteroatoms. The maximum Gasteiger partial charge on any atom is 0.189 e. The smallest absolute Gasteiger partial charge is 0.189 e. The first kappa shape index (κ1) is 12.2. The quantitative estimate of drug-likeness (QED) is 0.662. The highest BCUT2D eigenvalue weighted by Crippen LogP contribution is 2.18. The summed E-state index contributed by atoms with van der Waals surface area (Å²) >= 11 is 1.58. The second-order valence-corrected chi connectivity index (χ2v) is 5.04. The molecule has 0 bridgehead atoms. The van der Waals surface area contributed by atoms with Crippen molar-refractivity contribution in [2.45, 2.75) is 19.8 Å². The Morgan fingerprint density at radius 3 is 2.76 bits per heavy atom. The molecule has 0 spiro atoms. The van der Waals surface area contributed by atoms with Crippen molar-refractivity contribution in [1.82, 2.24) is 9.91 Å². The summed E-state index contributed by atoms with van der Waals surface area (Å²) in [5.41, 5.74) is 3.67. The van der Waals surface area contributed by atoms with Crippen LogP contribution in [0.25, 0.3) is 0 Å². The van der Waals surface area contributed by atoms with E-state index in [0.29, 0.717) is 0 Å². The Morgan fingerprint density at radius 2 is 2.06 bits per heavy atom. The lowest BCUT2D eigenvalue weighted by atomic mass is 10.4. The zero-order chi connectivity index (χ0) is 12.3. The molecule has 0 radical (unpaired) electrons. The molecule has 0 atom stereocenters. The summed E-state index contributed by atoms with van der Waals surface area (Å²) in [4.78, 5) is 6.66. The molecule has 0 saturated carbocycles. The molecule has 4 nitrogen and oxygen atoms in total. The van der Waals surface area contributed by atoms with Gasteiger partial charge in [0.2, 0.25) is 0 Å². The minimum absolute atomic E-state index is 0.860. The largest absolute Gasteiger partial charge is 0.350 e. The Kier molecular flexibility index (Phi) is 3.89. The normalized spacial score (nSPS) is 29.9. The first-order chi connectivity index (χ1) is 8.16. The second-order valence-electron chi connectivity index (χ2n) is 4.23. The van der Waals surface area contributed by atoms with Crippen molar-refractivity contribution in [3.63, 3.8) is 0 Å². The molecule has 2 heterocycles. The molecule has 0 aliphatic carbocycles. The predicted octanol–water partition coefficient (Wildman–Crippen LogP) is 2.48. The highest BCUT2D eigenvalue weighted by molar-refractivity contribution is 8.24. The van der Waals surface area contributed by atoms with Crippen molar-refractivity contribution in [2.24, 2.45) is 10.1 Å². The van der Waals surface area contributed by atoms with Crippen LogP contribution in [0.5, 0.6) is 0 Å². The van der Waals surface area contributed by atoms with E-state index in [0.717, 1.165) is 29.7 Å². The second kappa shape index (κ2) is 5.40. The molecule has 0 aromatic rings. The lowest BCUT2D eigenvalue weighted by Crippen LogP contribution is -2.27. The number of hydrogen-bond donors (Lipinski definition) is 0. The summed E-state index contributed by atoms with van der Waals surface area (Å²) in [5.74, 6) is 0. The molecule has 92 valence electrons. The highest BCUT2D eigenvalue weighted by atomic mass is 32.2. The number of likely N-dealkylation sites (tertiary alicyclic amines) is 1. The van der Waals surface area contributed by atoms with Crippen molar-refractivity contribution in [2.75, 3.05) is 20.1 Å². The third-order valence-electron chi connectivity index (χ3n) is 2.82. The fourth-order valence-corrected chi connectivity index (χ4v) is 2.61. The molecular weight excluding hydrogens is 232 g/mol. The molecule has 2 aliphatic heterocycles. The van der Waals surface area contributed by atoms with Gasteiger partial charge in [0, 0.05) is 25.8 Å². The Morgan fingerprint density at radius 1 is 1.35 bits per heavy atom. The minimum atomic E-state index is 0.860. The number of rotatable bonds is 0. The fourth-order valence-electron chi connectivity index (χ4n) is 1.79. The monoisotopic (exact) mass is 250 g/mol. The average Bonchev–Trinajstić information content (AvgIpc) is 2.80. The molecule has 2 aliphatic rings. The van der Waals surface area contributed by atoms with Gasteiger partial charge in [-0.1, -0.05) is 6.58 Å². The van der Waals surface area contributed by atoms with E-state index < -0.39 is 0 Å². The maximum atomic E-state index is 4.60. The van der Waals surface area contributed by atoms with E-state index in [-0.39, 0.29) is 0 Å². The van der Waals surface area contributed by atoms with Gasteiger partial charge in [-0.15, -0.1) is 5.10 Å². The van der Waals surface area contributed by atoms with Gasteiger partial charge in [-0.3, -0.25) is 10.0 Å². The third-order valence-corrected chi connectivity index (χ3v) is 3.58. The van der Waals surface area contributed by atoms with Crippen LogP contribution in [0.3, 0.4) is 0 Å². The van der Waals surface area contributed by atoms with Gasteiger partial charge in [0.05, 0.1) is 11.2 Å². The molecule has 0 aromatic carbocycles. The van der Waals surface area contributed by atoms with Crippen LogP contribution >= 0.6 is 11.8 Å². The Bertz CT molecular complexity index is 391. The molecule has 0 aromatic heterocycles. The van der Waals surface area contributed by atoms with Crippen LogP contribution in [-0.2, 0) is 0 Å². The van der Waals surface area contributed by atoms with E-state index in [1.165, 1.54) is 12.8 Å². The van der Waals surface area contributed by atoms with E-state index in [2.05, 4.69) is 21.6 Å². The van der Waals surface area contributed by atoms with Crippen LogP contribution < -0.4 is 0 Å². The summed E-state index contributed by atoms with van der Waals surface area (Å²) in [6, 6.07) is 0. The van der Waals surface area contributed by atoms with Gasteiger partial charge in [-0.2, -0.15) is 0 Å². The molecule has 0 N–H and O–H groups in total.